The van der Waals surface area contributed by atoms with Gasteiger partial charge in [-0.2, -0.15) is 0 Å². The van der Waals surface area contributed by atoms with Crippen LogP contribution in [-0.4, -0.2) is 65.0 Å². The van der Waals surface area contributed by atoms with Gasteiger partial charge in [-0.15, -0.1) is 24.0 Å². The summed E-state index contributed by atoms with van der Waals surface area (Å²) in [6.07, 6.45) is 1.97. The molecule has 2 rings (SSSR count). The van der Waals surface area contributed by atoms with Crippen LogP contribution >= 0.6 is 24.0 Å². The minimum Gasteiger partial charge on any atom is -0.497 e. The molecular weight excluding hydrogens is 499 g/mol. The second-order valence-electron chi connectivity index (χ2n) is 6.90. The monoisotopic (exact) mass is 534 g/mol. The van der Waals surface area contributed by atoms with Gasteiger partial charge >= 0.3 is 0 Å². The molecule has 9 heteroatoms. The summed E-state index contributed by atoms with van der Waals surface area (Å²) in [6.45, 7) is 7.14. The van der Waals surface area contributed by atoms with Gasteiger partial charge in [-0.1, -0.05) is 12.1 Å². The molecule has 1 saturated heterocycles. The molecule has 1 atom stereocenters. The minimum absolute atomic E-state index is 0. The molecule has 1 aliphatic heterocycles. The van der Waals surface area contributed by atoms with Crippen molar-refractivity contribution in [1.82, 2.24) is 16.0 Å². The number of halogens is 1. The van der Waals surface area contributed by atoms with Crippen molar-refractivity contribution in [3.05, 3.63) is 29.8 Å². The number of amides is 1. The molecule has 0 aliphatic carbocycles. The van der Waals surface area contributed by atoms with E-state index in [9.17, 15) is 4.79 Å². The molecule has 30 heavy (non-hydrogen) atoms. The van der Waals surface area contributed by atoms with E-state index in [1.165, 1.54) is 0 Å². The highest BCUT2D eigenvalue weighted by molar-refractivity contribution is 14.0. The molecule has 1 aromatic rings. The van der Waals surface area contributed by atoms with Crippen molar-refractivity contribution in [2.24, 2.45) is 10.9 Å². The smallest absolute Gasteiger partial charge is 0.242 e. The molecule has 3 N–H and O–H groups in total. The highest BCUT2D eigenvalue weighted by Gasteiger charge is 2.15. The standard InChI is InChI=1S/C21H34N4O4.HI/c1-3-22-21(23-10-4-11-28-15-18-9-12-29-16-18)25-14-20(26)24-13-17-5-7-19(27-2)8-6-17;/h5-8,18H,3-4,9-16H2,1-2H3,(H,24,26)(H2,22,23,25);1H. The predicted octanol–water partition coefficient (Wildman–Crippen LogP) is 1.93. The number of ether oxygens (including phenoxy) is 3. The van der Waals surface area contributed by atoms with Gasteiger partial charge in [-0.25, -0.2) is 4.99 Å². The summed E-state index contributed by atoms with van der Waals surface area (Å²) in [5.74, 6) is 1.85. The fourth-order valence-electron chi connectivity index (χ4n) is 2.84. The number of rotatable bonds is 12. The summed E-state index contributed by atoms with van der Waals surface area (Å²) in [5.41, 5.74) is 1.01. The lowest BCUT2D eigenvalue weighted by Gasteiger charge is -2.12. The zero-order chi connectivity index (χ0) is 20.7. The van der Waals surface area contributed by atoms with Gasteiger partial charge in [0.05, 0.1) is 20.3 Å². The topological polar surface area (TPSA) is 93.2 Å². The van der Waals surface area contributed by atoms with Crippen LogP contribution in [0.2, 0.25) is 0 Å². The Bertz CT molecular complexity index is 622. The summed E-state index contributed by atoms with van der Waals surface area (Å²) in [7, 11) is 1.63. The molecule has 1 fully saturated rings. The van der Waals surface area contributed by atoms with Gasteiger partial charge < -0.3 is 30.2 Å². The molecule has 0 radical (unpaired) electrons. The zero-order valence-electron chi connectivity index (χ0n) is 17.9. The average molecular weight is 534 g/mol. The van der Waals surface area contributed by atoms with Crippen LogP contribution < -0.4 is 20.7 Å². The number of aliphatic imine (C=N–C) groups is 1. The molecule has 1 unspecified atom stereocenters. The highest BCUT2D eigenvalue weighted by Crippen LogP contribution is 2.12. The van der Waals surface area contributed by atoms with E-state index in [0.29, 0.717) is 25.0 Å². The van der Waals surface area contributed by atoms with Gasteiger partial charge in [0.2, 0.25) is 5.91 Å². The van der Waals surface area contributed by atoms with E-state index in [-0.39, 0.29) is 36.4 Å². The molecule has 0 spiro atoms. The Morgan fingerprint density at radius 1 is 1.23 bits per heavy atom. The number of carbonyl (C=O) groups is 1. The molecule has 0 bridgehead atoms. The van der Waals surface area contributed by atoms with E-state index in [0.717, 1.165) is 57.1 Å². The molecule has 1 aromatic carbocycles. The number of benzene rings is 1. The van der Waals surface area contributed by atoms with E-state index in [1.54, 1.807) is 7.11 Å². The van der Waals surface area contributed by atoms with Crippen LogP contribution in [-0.2, 0) is 20.8 Å². The van der Waals surface area contributed by atoms with Crippen molar-refractivity contribution in [2.75, 3.05) is 53.2 Å². The molecule has 1 heterocycles. The lowest BCUT2D eigenvalue weighted by molar-refractivity contribution is -0.119. The van der Waals surface area contributed by atoms with E-state index in [2.05, 4.69) is 20.9 Å². The third-order valence-corrected chi connectivity index (χ3v) is 4.51. The maximum Gasteiger partial charge on any atom is 0.242 e. The van der Waals surface area contributed by atoms with Gasteiger partial charge in [-0.05, 0) is 37.5 Å². The Kier molecular flexibility index (Phi) is 14.2. The van der Waals surface area contributed by atoms with Gasteiger partial charge in [0.15, 0.2) is 5.96 Å². The number of nitrogens with zero attached hydrogens (tertiary/aromatic N) is 1. The van der Waals surface area contributed by atoms with Crippen LogP contribution in [0.25, 0.3) is 0 Å². The third kappa shape index (κ3) is 11.0. The summed E-state index contributed by atoms with van der Waals surface area (Å²) in [4.78, 5) is 16.4. The van der Waals surface area contributed by atoms with E-state index < -0.39 is 0 Å². The Morgan fingerprint density at radius 3 is 2.70 bits per heavy atom. The summed E-state index contributed by atoms with van der Waals surface area (Å²) in [6, 6.07) is 7.60. The molecule has 0 aromatic heterocycles. The number of hydrogen-bond donors (Lipinski definition) is 3. The summed E-state index contributed by atoms with van der Waals surface area (Å²) < 4.78 is 16.2. The van der Waals surface area contributed by atoms with Crippen molar-refractivity contribution in [1.29, 1.82) is 0 Å². The molecular formula is C21H35IN4O4. The zero-order valence-corrected chi connectivity index (χ0v) is 20.3. The summed E-state index contributed by atoms with van der Waals surface area (Å²) >= 11 is 0. The van der Waals surface area contributed by atoms with Crippen LogP contribution in [0.1, 0.15) is 25.3 Å². The van der Waals surface area contributed by atoms with E-state index in [1.807, 2.05) is 31.2 Å². The van der Waals surface area contributed by atoms with Gasteiger partial charge in [0.25, 0.3) is 0 Å². The van der Waals surface area contributed by atoms with Crippen LogP contribution in [0.4, 0.5) is 0 Å². The van der Waals surface area contributed by atoms with Crippen molar-refractivity contribution in [3.63, 3.8) is 0 Å². The summed E-state index contributed by atoms with van der Waals surface area (Å²) in [5, 5.41) is 9.25. The first kappa shape index (κ1) is 26.4. The SMILES string of the molecule is CCNC(=NCC(=O)NCc1ccc(OC)cc1)NCCCOCC1CCOC1.I. The Morgan fingerprint density at radius 2 is 2.03 bits per heavy atom. The second kappa shape index (κ2) is 16.1. The number of carbonyl (C=O) groups excluding carboxylic acids is 1. The molecule has 8 nitrogen and oxygen atoms in total. The maximum absolute atomic E-state index is 12.1. The number of guanidine groups is 1. The Balaban J connectivity index is 0.00000450. The quantitative estimate of drug-likeness (QED) is 0.164. The van der Waals surface area contributed by atoms with Gasteiger partial charge in [0.1, 0.15) is 12.3 Å². The van der Waals surface area contributed by atoms with Crippen molar-refractivity contribution < 1.29 is 19.0 Å². The van der Waals surface area contributed by atoms with E-state index in [4.69, 9.17) is 14.2 Å². The van der Waals surface area contributed by atoms with Gasteiger partial charge in [0, 0.05) is 38.8 Å². The van der Waals surface area contributed by atoms with Crippen LogP contribution in [0.5, 0.6) is 5.75 Å². The lowest BCUT2D eigenvalue weighted by atomic mass is 10.1. The first-order valence-corrected chi connectivity index (χ1v) is 10.3. The molecule has 0 saturated carbocycles. The normalized spacial score (nSPS) is 15.9. The second-order valence-corrected chi connectivity index (χ2v) is 6.90. The predicted molar refractivity (Wildman–Crippen MR) is 129 cm³/mol. The third-order valence-electron chi connectivity index (χ3n) is 4.51. The number of methoxy groups -OCH3 is 1. The average Bonchev–Trinajstić information content (AvgIpc) is 3.26. The van der Waals surface area contributed by atoms with Gasteiger partial charge in [-0.3, -0.25) is 4.79 Å². The fourth-order valence-corrected chi connectivity index (χ4v) is 2.84. The van der Waals surface area contributed by atoms with Crippen molar-refractivity contribution in [2.45, 2.75) is 26.3 Å². The number of nitrogens with one attached hydrogen (secondary N) is 3. The van der Waals surface area contributed by atoms with Crippen LogP contribution in [0.3, 0.4) is 0 Å². The molecule has 1 amide bonds. The van der Waals surface area contributed by atoms with E-state index >= 15 is 0 Å². The van der Waals surface area contributed by atoms with Crippen LogP contribution in [0.15, 0.2) is 29.3 Å². The van der Waals surface area contributed by atoms with Crippen LogP contribution in [0, 0.1) is 5.92 Å². The lowest BCUT2D eigenvalue weighted by Crippen LogP contribution is -2.39. The largest absolute Gasteiger partial charge is 0.497 e. The van der Waals surface area contributed by atoms with Crippen molar-refractivity contribution in [3.8, 4) is 5.75 Å². The first-order valence-electron chi connectivity index (χ1n) is 10.3. The minimum atomic E-state index is -0.125. The number of hydrogen-bond acceptors (Lipinski definition) is 5. The Hall–Kier alpha value is -1.59. The fraction of sp³-hybridized carbons (Fsp3) is 0.619. The Labute approximate surface area is 196 Å². The van der Waals surface area contributed by atoms with Crippen molar-refractivity contribution >= 4 is 35.8 Å². The molecule has 1 aliphatic rings. The highest BCUT2D eigenvalue weighted by atomic mass is 127. The molecule has 170 valence electrons. The first-order chi connectivity index (χ1) is 14.2. The maximum atomic E-state index is 12.1.